The summed E-state index contributed by atoms with van der Waals surface area (Å²) in [7, 11) is 0. The summed E-state index contributed by atoms with van der Waals surface area (Å²) in [4.78, 5) is 43.6. The molecule has 3 N–H and O–H groups in total. The number of aromatic nitrogens is 1. The summed E-state index contributed by atoms with van der Waals surface area (Å²) in [6.45, 7) is 9.19. The van der Waals surface area contributed by atoms with Gasteiger partial charge in [-0.15, -0.1) is 0 Å². The van der Waals surface area contributed by atoms with Gasteiger partial charge >= 0.3 is 0 Å². The summed E-state index contributed by atoms with van der Waals surface area (Å²) in [5.74, 6) is -1.27. The molecule has 5 rings (SSSR count). The molecule has 8 nitrogen and oxygen atoms in total. The molecular weight excluding hydrogens is 461 g/mol. The predicted molar refractivity (Wildman–Crippen MR) is 131 cm³/mol. The van der Waals surface area contributed by atoms with Gasteiger partial charge in [-0.2, -0.15) is 5.26 Å². The van der Waals surface area contributed by atoms with Gasteiger partial charge < -0.3 is 20.5 Å². The number of hydrogen-bond acceptors (Lipinski definition) is 4. The lowest BCUT2D eigenvalue weighted by Crippen LogP contribution is -2.52. The molecule has 0 radical (unpaired) electrons. The Kier molecular flexibility index (Phi) is 5.81. The Morgan fingerprint density at radius 1 is 1.33 bits per heavy atom. The fourth-order valence-corrected chi connectivity index (χ4v) is 6.33. The van der Waals surface area contributed by atoms with Gasteiger partial charge in [-0.1, -0.05) is 33.8 Å². The molecule has 0 spiro atoms. The second-order valence-electron chi connectivity index (χ2n) is 11.3. The van der Waals surface area contributed by atoms with E-state index in [1.54, 1.807) is 17.0 Å². The number of nitriles is 1. The molecule has 2 aliphatic heterocycles. The van der Waals surface area contributed by atoms with Crippen LogP contribution in [0.1, 0.15) is 62.5 Å². The average Bonchev–Trinajstić information content (AvgIpc) is 3.35. The van der Waals surface area contributed by atoms with Crippen molar-refractivity contribution in [1.82, 2.24) is 20.5 Å². The van der Waals surface area contributed by atoms with Crippen LogP contribution < -0.4 is 10.6 Å². The number of nitrogens with zero attached hydrogens (tertiary/aromatic N) is 2. The minimum Gasteiger partial charge on any atom is -0.356 e. The van der Waals surface area contributed by atoms with Crippen LogP contribution in [0.15, 0.2) is 18.2 Å². The summed E-state index contributed by atoms with van der Waals surface area (Å²) in [6, 6.07) is 5.37. The largest absolute Gasteiger partial charge is 0.356 e. The van der Waals surface area contributed by atoms with Crippen LogP contribution in [0, 0.1) is 40.3 Å². The number of fused-ring (bicyclic) bond motifs is 2. The van der Waals surface area contributed by atoms with Crippen LogP contribution in [0.3, 0.4) is 0 Å². The molecule has 2 saturated heterocycles. The van der Waals surface area contributed by atoms with Crippen molar-refractivity contribution >= 4 is 28.6 Å². The summed E-state index contributed by atoms with van der Waals surface area (Å²) in [5, 5.41) is 15.9. The molecule has 1 aliphatic carbocycles. The van der Waals surface area contributed by atoms with E-state index in [9.17, 15) is 24.0 Å². The highest BCUT2D eigenvalue weighted by Gasteiger charge is 2.69. The first-order valence-corrected chi connectivity index (χ1v) is 12.6. The highest BCUT2D eigenvalue weighted by atomic mass is 19.1. The SMILES string of the molecule is CC(C)c1ccc(F)c2[nH]c(C(=O)N3C[C@H]4[C@@H]([C@H]3C(=O)N[C@H](C#N)C[C@@H]3CCNC3=O)C4(C)C)cc12. The summed E-state index contributed by atoms with van der Waals surface area (Å²) in [6.07, 6.45) is 0.874. The van der Waals surface area contributed by atoms with Crippen molar-refractivity contribution in [2.45, 2.75) is 58.5 Å². The van der Waals surface area contributed by atoms with Gasteiger partial charge in [-0.05, 0) is 53.7 Å². The molecule has 1 saturated carbocycles. The molecule has 5 atom stereocenters. The van der Waals surface area contributed by atoms with Crippen molar-refractivity contribution in [3.8, 4) is 6.07 Å². The van der Waals surface area contributed by atoms with Gasteiger partial charge in [0.05, 0.1) is 11.6 Å². The zero-order chi connectivity index (χ0) is 25.9. The number of H-pyrrole nitrogens is 1. The Labute approximate surface area is 209 Å². The normalized spacial score (nSPS) is 27.0. The Morgan fingerprint density at radius 3 is 2.72 bits per heavy atom. The van der Waals surface area contributed by atoms with Crippen molar-refractivity contribution in [3.63, 3.8) is 0 Å². The average molecular weight is 494 g/mol. The van der Waals surface area contributed by atoms with Crippen molar-refractivity contribution in [2.75, 3.05) is 13.1 Å². The highest BCUT2D eigenvalue weighted by molar-refractivity contribution is 6.02. The number of aromatic amines is 1. The minimum absolute atomic E-state index is 0.0251. The summed E-state index contributed by atoms with van der Waals surface area (Å²) in [5.41, 5.74) is 1.38. The molecule has 3 heterocycles. The molecule has 9 heteroatoms. The van der Waals surface area contributed by atoms with Crippen LogP contribution in [0.2, 0.25) is 0 Å². The van der Waals surface area contributed by atoms with Crippen LogP contribution in [-0.2, 0) is 9.59 Å². The first-order chi connectivity index (χ1) is 17.0. The van der Waals surface area contributed by atoms with Gasteiger partial charge in [0, 0.05) is 24.4 Å². The maximum Gasteiger partial charge on any atom is 0.271 e. The number of amides is 3. The Balaban J connectivity index is 1.40. The van der Waals surface area contributed by atoms with Crippen molar-refractivity contribution < 1.29 is 18.8 Å². The molecule has 190 valence electrons. The van der Waals surface area contributed by atoms with Gasteiger partial charge in [0.1, 0.15) is 23.6 Å². The summed E-state index contributed by atoms with van der Waals surface area (Å²) < 4.78 is 14.6. The quantitative estimate of drug-likeness (QED) is 0.573. The van der Waals surface area contributed by atoms with E-state index in [2.05, 4.69) is 35.5 Å². The molecule has 3 amide bonds. The van der Waals surface area contributed by atoms with Gasteiger partial charge in [0.2, 0.25) is 11.8 Å². The first kappa shape index (κ1) is 24.3. The van der Waals surface area contributed by atoms with E-state index in [0.29, 0.717) is 24.9 Å². The number of nitrogens with one attached hydrogen (secondary N) is 3. The standard InChI is InChI=1S/C27H32FN5O3/c1-13(2)16-5-6-19(28)22-17(16)10-20(32-22)26(36)33-12-18-21(27(18,3)4)23(33)25(35)31-15(11-29)9-14-7-8-30-24(14)34/h5-6,10,13-15,18,21,23,32H,7-9,12H2,1-4H3,(H,30,34)(H,31,35)/t14-,15-,18-,21-,23-/m0/s1. The number of carbonyl (C=O) groups excluding carboxylic acids is 3. The molecule has 3 fully saturated rings. The molecule has 1 aromatic heterocycles. The number of carbonyl (C=O) groups is 3. The minimum atomic E-state index is -0.819. The number of likely N-dealkylation sites (tertiary alicyclic amines) is 1. The number of halogens is 1. The van der Waals surface area contributed by atoms with E-state index in [0.717, 1.165) is 5.56 Å². The van der Waals surface area contributed by atoms with E-state index in [1.807, 2.05) is 13.8 Å². The first-order valence-electron chi connectivity index (χ1n) is 12.6. The number of hydrogen-bond donors (Lipinski definition) is 3. The number of piperidine rings is 1. The Hall–Kier alpha value is -3.41. The molecule has 0 unspecified atom stereocenters. The lowest BCUT2D eigenvalue weighted by atomic mass is 9.97. The maximum atomic E-state index is 14.6. The van der Waals surface area contributed by atoms with Crippen LogP contribution >= 0.6 is 0 Å². The third-order valence-corrected chi connectivity index (χ3v) is 8.52. The zero-order valence-corrected chi connectivity index (χ0v) is 21.0. The van der Waals surface area contributed by atoms with E-state index < -0.39 is 17.9 Å². The van der Waals surface area contributed by atoms with Crippen molar-refractivity contribution in [3.05, 3.63) is 35.3 Å². The van der Waals surface area contributed by atoms with Gasteiger partial charge in [-0.25, -0.2) is 4.39 Å². The topological polar surface area (TPSA) is 118 Å². The summed E-state index contributed by atoms with van der Waals surface area (Å²) >= 11 is 0. The Bertz CT molecular complexity index is 1290. The van der Waals surface area contributed by atoms with E-state index in [4.69, 9.17) is 0 Å². The molecule has 3 aliphatic rings. The van der Waals surface area contributed by atoms with Crippen LogP contribution in [0.5, 0.6) is 0 Å². The van der Waals surface area contributed by atoms with E-state index in [1.165, 1.54) is 6.07 Å². The van der Waals surface area contributed by atoms with Crippen LogP contribution in [0.4, 0.5) is 4.39 Å². The third-order valence-electron chi connectivity index (χ3n) is 8.52. The lowest BCUT2D eigenvalue weighted by molar-refractivity contribution is -0.127. The predicted octanol–water partition coefficient (Wildman–Crippen LogP) is 3.06. The fraction of sp³-hybridized carbons (Fsp3) is 0.556. The Morgan fingerprint density at radius 2 is 2.08 bits per heavy atom. The van der Waals surface area contributed by atoms with Crippen molar-refractivity contribution in [2.24, 2.45) is 23.2 Å². The third kappa shape index (κ3) is 3.83. The van der Waals surface area contributed by atoms with Gasteiger partial charge in [0.25, 0.3) is 5.91 Å². The number of benzene rings is 1. The second kappa shape index (κ2) is 8.61. The molecular formula is C27H32FN5O3. The lowest BCUT2D eigenvalue weighted by Gasteiger charge is -2.30. The van der Waals surface area contributed by atoms with Crippen molar-refractivity contribution in [1.29, 1.82) is 5.26 Å². The maximum absolute atomic E-state index is 14.6. The smallest absolute Gasteiger partial charge is 0.271 e. The fourth-order valence-electron chi connectivity index (χ4n) is 6.33. The zero-order valence-electron chi connectivity index (χ0n) is 21.0. The number of rotatable bonds is 6. The highest BCUT2D eigenvalue weighted by Crippen LogP contribution is 2.65. The second-order valence-corrected chi connectivity index (χ2v) is 11.3. The molecule has 1 aromatic carbocycles. The molecule has 2 aromatic rings. The van der Waals surface area contributed by atoms with E-state index >= 15 is 0 Å². The van der Waals surface area contributed by atoms with Gasteiger partial charge in [0.15, 0.2) is 0 Å². The van der Waals surface area contributed by atoms with Crippen LogP contribution in [-0.4, -0.2) is 52.8 Å². The molecule has 0 bridgehead atoms. The van der Waals surface area contributed by atoms with E-state index in [-0.39, 0.29) is 64.4 Å². The van der Waals surface area contributed by atoms with Crippen LogP contribution in [0.25, 0.3) is 10.9 Å². The monoisotopic (exact) mass is 493 g/mol. The molecule has 36 heavy (non-hydrogen) atoms. The van der Waals surface area contributed by atoms with Gasteiger partial charge in [-0.3, -0.25) is 14.4 Å².